The van der Waals surface area contributed by atoms with Crippen LogP contribution < -0.4 is 4.72 Å². The van der Waals surface area contributed by atoms with Crippen LogP contribution in [0.5, 0.6) is 0 Å². The van der Waals surface area contributed by atoms with Crippen molar-refractivity contribution in [2.45, 2.75) is 31.8 Å². The van der Waals surface area contributed by atoms with Crippen LogP contribution >= 0.6 is 27.3 Å². The molecule has 0 radical (unpaired) electrons. The van der Waals surface area contributed by atoms with E-state index in [0.29, 0.717) is 11.4 Å². The fourth-order valence-electron chi connectivity index (χ4n) is 2.07. The second-order valence-electron chi connectivity index (χ2n) is 4.50. The number of aromatic nitrogens is 2. The Kier molecular flexibility index (Phi) is 5.20. The van der Waals surface area contributed by atoms with Gasteiger partial charge in [-0.05, 0) is 35.8 Å². The van der Waals surface area contributed by atoms with E-state index in [2.05, 4.69) is 25.8 Å². The predicted octanol–water partition coefficient (Wildman–Crippen LogP) is 1.79. The number of aliphatic hydroxyl groups excluding tert-OH is 1. The molecule has 0 aromatic carbocycles. The first-order valence-electron chi connectivity index (χ1n) is 6.22. The van der Waals surface area contributed by atoms with Gasteiger partial charge in [-0.15, -0.1) is 11.3 Å². The lowest BCUT2D eigenvalue weighted by molar-refractivity contribution is 0.267. The Hall–Kier alpha value is -0.740. The average Bonchev–Trinajstić information content (AvgIpc) is 2.93. The third-order valence-electron chi connectivity index (χ3n) is 2.95. The van der Waals surface area contributed by atoms with Crippen LogP contribution in [0.3, 0.4) is 0 Å². The van der Waals surface area contributed by atoms with Crippen molar-refractivity contribution in [3.05, 3.63) is 32.2 Å². The smallest absolute Gasteiger partial charge is 0.244 e. The second-order valence-corrected chi connectivity index (χ2v) is 8.12. The first-order chi connectivity index (χ1) is 9.85. The molecule has 0 aliphatic rings. The molecule has 116 valence electrons. The zero-order valence-corrected chi connectivity index (χ0v) is 14.8. The maximum atomic E-state index is 12.4. The average molecular weight is 394 g/mol. The van der Waals surface area contributed by atoms with E-state index >= 15 is 0 Å². The quantitative estimate of drug-likeness (QED) is 0.783. The van der Waals surface area contributed by atoms with Gasteiger partial charge in [0.2, 0.25) is 10.0 Å². The number of rotatable bonds is 6. The van der Waals surface area contributed by atoms with Crippen LogP contribution in [0.1, 0.15) is 16.3 Å². The molecule has 2 heterocycles. The lowest BCUT2D eigenvalue weighted by atomic mass is 10.4. The Bertz CT molecular complexity index is 737. The van der Waals surface area contributed by atoms with Crippen LogP contribution in [0.4, 0.5) is 0 Å². The van der Waals surface area contributed by atoms with Crippen molar-refractivity contribution in [2.24, 2.45) is 0 Å². The first kappa shape index (κ1) is 16.6. The highest BCUT2D eigenvalue weighted by Crippen LogP contribution is 2.22. The molecule has 0 spiro atoms. The largest absolute Gasteiger partial charge is 0.394 e. The molecule has 2 aromatic rings. The van der Waals surface area contributed by atoms with Crippen molar-refractivity contribution in [2.75, 3.05) is 6.61 Å². The Balaban J connectivity index is 2.23. The van der Waals surface area contributed by atoms with E-state index in [1.807, 2.05) is 11.4 Å². The van der Waals surface area contributed by atoms with Gasteiger partial charge in [0, 0.05) is 21.3 Å². The minimum atomic E-state index is -3.63. The minimum Gasteiger partial charge on any atom is -0.394 e. The molecule has 0 fully saturated rings. The van der Waals surface area contributed by atoms with Gasteiger partial charge in [0.05, 0.1) is 24.5 Å². The zero-order valence-electron chi connectivity index (χ0n) is 11.6. The van der Waals surface area contributed by atoms with Crippen LogP contribution in [0.15, 0.2) is 20.8 Å². The zero-order chi connectivity index (χ0) is 15.6. The van der Waals surface area contributed by atoms with E-state index in [1.165, 1.54) is 16.0 Å². The van der Waals surface area contributed by atoms with Crippen LogP contribution in [0, 0.1) is 13.8 Å². The van der Waals surface area contributed by atoms with E-state index in [1.54, 1.807) is 13.8 Å². The minimum absolute atomic E-state index is 0.0852. The summed E-state index contributed by atoms with van der Waals surface area (Å²) < 4.78 is 29.9. The van der Waals surface area contributed by atoms with Gasteiger partial charge in [0.25, 0.3) is 0 Å². The highest BCUT2D eigenvalue weighted by Gasteiger charge is 2.24. The molecule has 2 aromatic heterocycles. The summed E-state index contributed by atoms with van der Waals surface area (Å²) >= 11 is 4.82. The monoisotopic (exact) mass is 393 g/mol. The predicted molar refractivity (Wildman–Crippen MR) is 84.8 cm³/mol. The molecular formula is C12H16BrN3O3S2. The molecule has 0 saturated carbocycles. The van der Waals surface area contributed by atoms with E-state index < -0.39 is 10.0 Å². The molecule has 0 aliphatic carbocycles. The van der Waals surface area contributed by atoms with Crippen molar-refractivity contribution in [1.29, 1.82) is 0 Å². The van der Waals surface area contributed by atoms with Gasteiger partial charge in [0.15, 0.2) is 0 Å². The second kappa shape index (κ2) is 6.57. The summed E-state index contributed by atoms with van der Waals surface area (Å²) in [7, 11) is -3.63. The summed E-state index contributed by atoms with van der Waals surface area (Å²) in [6.07, 6.45) is 0. The molecule has 0 amide bonds. The topological polar surface area (TPSA) is 84.2 Å². The molecule has 9 heteroatoms. The number of aliphatic hydroxyl groups is 1. The number of halogens is 1. The van der Waals surface area contributed by atoms with Gasteiger partial charge >= 0.3 is 0 Å². The summed E-state index contributed by atoms with van der Waals surface area (Å²) in [6, 6.07) is 1.88. The summed E-state index contributed by atoms with van der Waals surface area (Å²) in [5.41, 5.74) is 0.960. The van der Waals surface area contributed by atoms with Gasteiger partial charge < -0.3 is 5.11 Å². The lowest BCUT2D eigenvalue weighted by Gasteiger charge is -2.06. The van der Waals surface area contributed by atoms with Crippen LogP contribution in [0.2, 0.25) is 0 Å². The van der Waals surface area contributed by atoms with Crippen LogP contribution in [-0.2, 0) is 23.1 Å². The van der Waals surface area contributed by atoms with Crippen molar-refractivity contribution >= 4 is 37.3 Å². The van der Waals surface area contributed by atoms with Crippen molar-refractivity contribution in [3.63, 3.8) is 0 Å². The molecule has 21 heavy (non-hydrogen) atoms. The van der Waals surface area contributed by atoms with Crippen molar-refractivity contribution in [1.82, 2.24) is 14.5 Å². The summed E-state index contributed by atoms with van der Waals surface area (Å²) in [4.78, 5) is 1.11. The summed E-state index contributed by atoms with van der Waals surface area (Å²) in [5, 5.41) is 15.0. The number of sulfonamides is 1. The fourth-order valence-corrected chi connectivity index (χ4v) is 4.96. The SMILES string of the molecule is Cc1nn(CCO)c(C)c1S(=O)(=O)NCc1cc(Br)cs1. The highest BCUT2D eigenvalue weighted by atomic mass is 79.9. The van der Waals surface area contributed by atoms with Crippen LogP contribution in [0.25, 0.3) is 0 Å². The number of nitrogens with zero attached hydrogens (tertiary/aromatic N) is 2. The Labute approximate surface area is 136 Å². The normalized spacial score (nSPS) is 12.0. The number of nitrogens with one attached hydrogen (secondary N) is 1. The summed E-state index contributed by atoms with van der Waals surface area (Å²) in [5.74, 6) is 0. The lowest BCUT2D eigenvalue weighted by Crippen LogP contribution is -2.24. The number of hydrogen-bond acceptors (Lipinski definition) is 5. The van der Waals surface area contributed by atoms with E-state index in [4.69, 9.17) is 5.11 Å². The summed E-state index contributed by atoms with van der Waals surface area (Å²) in [6.45, 7) is 3.77. The molecule has 0 unspecified atom stereocenters. The first-order valence-corrected chi connectivity index (χ1v) is 9.38. The molecule has 2 N–H and O–H groups in total. The highest BCUT2D eigenvalue weighted by molar-refractivity contribution is 9.10. The molecule has 0 atom stereocenters. The number of hydrogen-bond donors (Lipinski definition) is 2. The molecule has 6 nitrogen and oxygen atoms in total. The molecular weight excluding hydrogens is 378 g/mol. The third kappa shape index (κ3) is 3.72. The van der Waals surface area contributed by atoms with Gasteiger partial charge in [0.1, 0.15) is 4.90 Å². The van der Waals surface area contributed by atoms with E-state index in [9.17, 15) is 8.42 Å². The fraction of sp³-hybridized carbons (Fsp3) is 0.417. The van der Waals surface area contributed by atoms with Gasteiger partial charge in [-0.3, -0.25) is 4.68 Å². The van der Waals surface area contributed by atoms with Crippen molar-refractivity contribution < 1.29 is 13.5 Å². The number of thiophene rings is 1. The Morgan fingerprint density at radius 3 is 2.76 bits per heavy atom. The molecule has 0 aliphatic heterocycles. The van der Waals surface area contributed by atoms with Crippen molar-refractivity contribution in [3.8, 4) is 0 Å². The Morgan fingerprint density at radius 2 is 2.19 bits per heavy atom. The van der Waals surface area contributed by atoms with E-state index in [0.717, 1.165) is 9.35 Å². The van der Waals surface area contributed by atoms with Gasteiger partial charge in [-0.2, -0.15) is 5.10 Å². The third-order valence-corrected chi connectivity index (χ3v) is 6.30. The maximum absolute atomic E-state index is 12.4. The Morgan fingerprint density at radius 1 is 1.48 bits per heavy atom. The maximum Gasteiger partial charge on any atom is 0.244 e. The number of aryl methyl sites for hydroxylation is 1. The molecule has 0 bridgehead atoms. The van der Waals surface area contributed by atoms with Crippen LogP contribution in [-0.4, -0.2) is 29.9 Å². The molecule has 0 saturated heterocycles. The van der Waals surface area contributed by atoms with Gasteiger partial charge in [-0.1, -0.05) is 0 Å². The molecule has 2 rings (SSSR count). The standard InChI is InChI=1S/C12H16BrN3O3S2/c1-8-12(9(2)16(15-8)3-4-17)21(18,19)14-6-11-5-10(13)7-20-11/h5,7,14,17H,3-4,6H2,1-2H3. The van der Waals surface area contributed by atoms with Gasteiger partial charge in [-0.25, -0.2) is 13.1 Å². The van der Waals surface area contributed by atoms with E-state index in [-0.39, 0.29) is 24.6 Å².